The van der Waals surface area contributed by atoms with Crippen molar-refractivity contribution >= 4 is 27.6 Å². The van der Waals surface area contributed by atoms with Crippen molar-refractivity contribution < 1.29 is 27.1 Å². The number of aryl methyl sites for hydroxylation is 1. The van der Waals surface area contributed by atoms with Crippen molar-refractivity contribution in [1.82, 2.24) is 4.31 Å². The second-order valence-corrected chi connectivity index (χ2v) is 9.46. The molecule has 9 heteroatoms. The van der Waals surface area contributed by atoms with Gasteiger partial charge in [0.05, 0.1) is 10.5 Å². The number of sulfonamides is 1. The number of hydrogen-bond acceptors (Lipinski definition) is 3. The van der Waals surface area contributed by atoms with Gasteiger partial charge in [0.1, 0.15) is 0 Å². The molecule has 0 amide bonds. The average molecular weight is 480 g/mol. The predicted molar refractivity (Wildman–Crippen MR) is 117 cm³/mol. The van der Waals surface area contributed by atoms with E-state index in [0.717, 1.165) is 22.0 Å². The smallest absolute Gasteiger partial charge is 0.338 e. The van der Waals surface area contributed by atoms with Crippen LogP contribution in [0.4, 0.5) is 8.78 Å². The van der Waals surface area contributed by atoms with Crippen LogP contribution in [0.2, 0.25) is 5.02 Å². The van der Waals surface area contributed by atoms with Crippen LogP contribution in [0.1, 0.15) is 27.9 Å². The van der Waals surface area contributed by atoms with E-state index >= 15 is 0 Å². The molecule has 0 aliphatic heterocycles. The molecule has 0 saturated heterocycles. The number of rotatable bonds is 9. The van der Waals surface area contributed by atoms with E-state index in [1.807, 2.05) is 30.3 Å². The molecule has 0 radical (unpaired) electrons. The van der Waals surface area contributed by atoms with Crippen molar-refractivity contribution in [3.63, 3.8) is 0 Å². The number of aromatic carboxylic acids is 1. The van der Waals surface area contributed by atoms with Crippen LogP contribution in [-0.4, -0.2) is 30.3 Å². The highest BCUT2D eigenvalue weighted by atomic mass is 35.5. The third-order valence-corrected chi connectivity index (χ3v) is 7.02. The zero-order valence-electron chi connectivity index (χ0n) is 16.8. The highest BCUT2D eigenvalue weighted by Crippen LogP contribution is 2.24. The van der Waals surface area contributed by atoms with E-state index in [-0.39, 0.29) is 17.0 Å². The number of carboxylic acids is 1. The molecule has 3 aromatic carbocycles. The summed E-state index contributed by atoms with van der Waals surface area (Å²) in [7, 11) is -4.06. The Morgan fingerprint density at radius 2 is 1.59 bits per heavy atom. The predicted octanol–water partition coefficient (Wildman–Crippen LogP) is 5.14. The molecule has 0 saturated carbocycles. The molecule has 3 aromatic rings. The van der Waals surface area contributed by atoms with Crippen LogP contribution in [-0.2, 0) is 23.0 Å². The van der Waals surface area contributed by atoms with Gasteiger partial charge in [-0.2, -0.15) is 4.31 Å². The third-order valence-electron chi connectivity index (χ3n) is 4.91. The minimum Gasteiger partial charge on any atom is -0.478 e. The van der Waals surface area contributed by atoms with Crippen LogP contribution >= 0.6 is 11.6 Å². The van der Waals surface area contributed by atoms with Crippen LogP contribution < -0.4 is 0 Å². The van der Waals surface area contributed by atoms with Gasteiger partial charge < -0.3 is 5.11 Å². The molecule has 168 valence electrons. The first kappa shape index (κ1) is 23.8. The number of benzene rings is 3. The van der Waals surface area contributed by atoms with Gasteiger partial charge >= 0.3 is 5.97 Å². The quantitative estimate of drug-likeness (QED) is 0.461. The lowest BCUT2D eigenvalue weighted by Gasteiger charge is -2.23. The maximum Gasteiger partial charge on any atom is 0.338 e. The summed E-state index contributed by atoms with van der Waals surface area (Å²) in [5.41, 5.74) is -0.0634. The van der Waals surface area contributed by atoms with Crippen molar-refractivity contribution in [2.45, 2.75) is 24.3 Å². The maximum atomic E-state index is 14.5. The highest BCUT2D eigenvalue weighted by Gasteiger charge is 2.27. The summed E-state index contributed by atoms with van der Waals surface area (Å²) in [6, 6.07) is 17.0. The van der Waals surface area contributed by atoms with Crippen LogP contribution in [0.15, 0.2) is 71.6 Å². The van der Waals surface area contributed by atoms with Crippen LogP contribution in [0.3, 0.4) is 0 Å². The first-order valence-corrected chi connectivity index (χ1v) is 11.5. The molecule has 0 aliphatic carbocycles. The lowest BCUT2D eigenvalue weighted by molar-refractivity contribution is 0.0690. The van der Waals surface area contributed by atoms with Gasteiger partial charge in [-0.25, -0.2) is 22.0 Å². The largest absolute Gasteiger partial charge is 0.478 e. The van der Waals surface area contributed by atoms with Gasteiger partial charge in [-0.15, -0.1) is 0 Å². The fourth-order valence-corrected chi connectivity index (χ4v) is 4.79. The highest BCUT2D eigenvalue weighted by molar-refractivity contribution is 7.89. The van der Waals surface area contributed by atoms with Crippen molar-refractivity contribution in [3.05, 3.63) is 100 Å². The van der Waals surface area contributed by atoms with Crippen LogP contribution in [0, 0.1) is 11.6 Å². The van der Waals surface area contributed by atoms with Gasteiger partial charge in [-0.05, 0) is 48.7 Å². The van der Waals surface area contributed by atoms with Gasteiger partial charge in [0.2, 0.25) is 10.0 Å². The molecule has 1 N–H and O–H groups in total. The summed E-state index contributed by atoms with van der Waals surface area (Å²) in [5, 5.41) is 9.32. The first-order chi connectivity index (χ1) is 15.2. The lowest BCUT2D eigenvalue weighted by Crippen LogP contribution is -2.32. The number of carbonyl (C=O) groups is 1. The Morgan fingerprint density at radius 1 is 0.938 bits per heavy atom. The molecule has 0 spiro atoms. The molecular formula is C23H20ClF2NO4S. The number of nitrogens with zero attached hydrogens (tertiary/aromatic N) is 1. The van der Waals surface area contributed by atoms with E-state index < -0.39 is 39.7 Å². The molecule has 3 rings (SSSR count). The van der Waals surface area contributed by atoms with Crippen LogP contribution in [0.5, 0.6) is 0 Å². The standard InChI is InChI=1S/C23H20ClF2NO4S/c24-18-9-11-19(12-10-18)32(30,31)27(14-4-7-16-5-2-1-3-6-16)15-17-8-13-20(23(28)29)22(26)21(17)25/h1-3,5-6,8-13H,4,7,14-15H2,(H,28,29). The summed E-state index contributed by atoms with van der Waals surface area (Å²) < 4.78 is 56.2. The van der Waals surface area contributed by atoms with Gasteiger partial charge in [0.25, 0.3) is 0 Å². The number of halogens is 3. The monoisotopic (exact) mass is 479 g/mol. The molecular weight excluding hydrogens is 460 g/mol. The Balaban J connectivity index is 1.90. The van der Waals surface area contributed by atoms with Crippen molar-refractivity contribution in [1.29, 1.82) is 0 Å². The Labute approximate surface area is 189 Å². The molecule has 0 unspecified atom stereocenters. The van der Waals surface area contributed by atoms with Crippen LogP contribution in [0.25, 0.3) is 0 Å². The van der Waals surface area contributed by atoms with E-state index in [1.54, 1.807) is 0 Å². The Bertz CT molecular complexity index is 1200. The van der Waals surface area contributed by atoms with E-state index in [0.29, 0.717) is 17.9 Å². The Morgan fingerprint density at radius 3 is 2.22 bits per heavy atom. The molecule has 0 atom stereocenters. The third kappa shape index (κ3) is 5.51. The first-order valence-electron chi connectivity index (χ1n) is 9.70. The summed E-state index contributed by atoms with van der Waals surface area (Å²) in [5.74, 6) is -4.52. The van der Waals surface area contributed by atoms with Crippen molar-refractivity contribution in [2.24, 2.45) is 0 Å². The van der Waals surface area contributed by atoms with Gasteiger partial charge in [-0.1, -0.05) is 48.0 Å². The minimum atomic E-state index is -4.06. The zero-order chi connectivity index (χ0) is 23.3. The lowest BCUT2D eigenvalue weighted by atomic mass is 10.1. The molecule has 0 bridgehead atoms. The maximum absolute atomic E-state index is 14.5. The second-order valence-electron chi connectivity index (χ2n) is 7.09. The molecule has 0 heterocycles. The zero-order valence-corrected chi connectivity index (χ0v) is 18.4. The van der Waals surface area contributed by atoms with Crippen molar-refractivity contribution in [3.8, 4) is 0 Å². The van der Waals surface area contributed by atoms with Gasteiger partial charge in [-0.3, -0.25) is 0 Å². The summed E-state index contributed by atoms with van der Waals surface area (Å²) in [6.07, 6.45) is 1.02. The SMILES string of the molecule is O=C(O)c1ccc(CN(CCCc2ccccc2)S(=O)(=O)c2ccc(Cl)cc2)c(F)c1F. The molecule has 32 heavy (non-hydrogen) atoms. The minimum absolute atomic E-state index is 0.0374. The Kier molecular flexibility index (Phi) is 7.60. The number of carboxylic acid groups (broad SMARTS) is 1. The summed E-state index contributed by atoms with van der Waals surface area (Å²) in [4.78, 5) is 11.0. The van der Waals surface area contributed by atoms with E-state index in [1.165, 1.54) is 24.3 Å². The molecule has 5 nitrogen and oxygen atoms in total. The number of hydrogen-bond donors (Lipinski definition) is 1. The molecule has 0 aliphatic rings. The summed E-state index contributed by atoms with van der Waals surface area (Å²) >= 11 is 5.85. The van der Waals surface area contributed by atoms with E-state index in [4.69, 9.17) is 16.7 Å². The topological polar surface area (TPSA) is 74.7 Å². The normalized spacial score (nSPS) is 11.6. The van der Waals surface area contributed by atoms with E-state index in [9.17, 15) is 22.0 Å². The van der Waals surface area contributed by atoms with Gasteiger partial charge in [0.15, 0.2) is 11.6 Å². The Hall–Kier alpha value is -2.81. The average Bonchev–Trinajstić information content (AvgIpc) is 2.76. The summed E-state index contributed by atoms with van der Waals surface area (Å²) in [6.45, 7) is -0.413. The van der Waals surface area contributed by atoms with Gasteiger partial charge in [0, 0.05) is 23.7 Å². The fourth-order valence-electron chi connectivity index (χ4n) is 3.21. The molecule has 0 fully saturated rings. The van der Waals surface area contributed by atoms with E-state index in [2.05, 4.69) is 0 Å². The van der Waals surface area contributed by atoms with Crippen molar-refractivity contribution in [2.75, 3.05) is 6.54 Å². The fraction of sp³-hybridized carbons (Fsp3) is 0.174. The second kappa shape index (κ2) is 10.2. The molecule has 0 aromatic heterocycles.